The van der Waals surface area contributed by atoms with E-state index < -0.39 is 23.2 Å². The Hall–Kier alpha value is -3.30. The van der Waals surface area contributed by atoms with E-state index in [4.69, 9.17) is 4.84 Å². The highest BCUT2D eigenvalue weighted by Gasteiger charge is 2.34. The van der Waals surface area contributed by atoms with Gasteiger partial charge in [0, 0.05) is 43.2 Å². The maximum atomic E-state index is 13.7. The molecule has 1 fully saturated rings. The Morgan fingerprint density at radius 2 is 1.82 bits per heavy atom. The first-order chi connectivity index (χ1) is 16.4. The molecule has 0 amide bonds. The van der Waals surface area contributed by atoms with Crippen molar-refractivity contribution in [2.75, 3.05) is 19.7 Å². The molecular formula is C25H25F3N4O2. The zero-order valence-corrected chi connectivity index (χ0v) is 18.7. The third-order valence-electron chi connectivity index (χ3n) is 5.90. The minimum Gasteiger partial charge on any atom is -0.396 e. The molecule has 4 rings (SSSR count). The predicted molar refractivity (Wildman–Crippen MR) is 120 cm³/mol. The van der Waals surface area contributed by atoms with Gasteiger partial charge in [0.25, 0.3) is 0 Å². The lowest BCUT2D eigenvalue weighted by Gasteiger charge is -2.38. The summed E-state index contributed by atoms with van der Waals surface area (Å²) >= 11 is 0. The van der Waals surface area contributed by atoms with E-state index in [0.717, 1.165) is 17.7 Å². The number of likely N-dealkylation sites (tertiary alicyclic amines) is 1. The van der Waals surface area contributed by atoms with Crippen molar-refractivity contribution in [3.05, 3.63) is 94.8 Å². The number of hydrogen-bond acceptors (Lipinski definition) is 6. The summed E-state index contributed by atoms with van der Waals surface area (Å²) in [7, 11) is 0. The number of hydrogen-bond donors (Lipinski definition) is 1. The molecule has 1 saturated heterocycles. The molecule has 3 heterocycles. The van der Waals surface area contributed by atoms with Gasteiger partial charge in [-0.05, 0) is 55.7 Å². The van der Waals surface area contributed by atoms with Gasteiger partial charge in [0.1, 0.15) is 12.3 Å². The Morgan fingerprint density at radius 1 is 1.03 bits per heavy atom. The zero-order valence-electron chi connectivity index (χ0n) is 18.7. The van der Waals surface area contributed by atoms with Crippen molar-refractivity contribution in [2.45, 2.75) is 31.9 Å². The van der Waals surface area contributed by atoms with Crippen molar-refractivity contribution < 1.29 is 23.1 Å². The summed E-state index contributed by atoms with van der Waals surface area (Å²) in [6.07, 6.45) is 4.11. The average molecular weight is 470 g/mol. The number of halogens is 3. The van der Waals surface area contributed by atoms with Crippen LogP contribution in [-0.4, -0.2) is 45.4 Å². The molecule has 0 spiro atoms. The topological polar surface area (TPSA) is 70.8 Å². The summed E-state index contributed by atoms with van der Waals surface area (Å²) in [4.78, 5) is 15.5. The lowest BCUT2D eigenvalue weighted by molar-refractivity contribution is -0.0280. The van der Waals surface area contributed by atoms with Crippen LogP contribution in [0, 0.1) is 17.6 Å². The fourth-order valence-electron chi connectivity index (χ4n) is 3.96. The summed E-state index contributed by atoms with van der Waals surface area (Å²) in [6, 6.07) is 10.0. The van der Waals surface area contributed by atoms with Crippen LogP contribution in [0.1, 0.15) is 42.1 Å². The van der Waals surface area contributed by atoms with Crippen molar-refractivity contribution in [1.82, 2.24) is 14.9 Å². The normalized spacial score (nSPS) is 16.4. The van der Waals surface area contributed by atoms with Crippen LogP contribution in [0.15, 0.2) is 60.0 Å². The first-order valence-electron chi connectivity index (χ1n) is 11.1. The molecule has 6 nitrogen and oxygen atoms in total. The van der Waals surface area contributed by atoms with Gasteiger partial charge in [-0.15, -0.1) is 0 Å². The molecule has 34 heavy (non-hydrogen) atoms. The predicted octanol–water partition coefficient (Wildman–Crippen LogP) is 4.17. The second-order valence-corrected chi connectivity index (χ2v) is 8.22. The van der Waals surface area contributed by atoms with Crippen molar-refractivity contribution in [2.24, 2.45) is 5.16 Å². The third-order valence-corrected chi connectivity index (χ3v) is 5.90. The molecule has 1 N–H and O–H groups in total. The van der Waals surface area contributed by atoms with Crippen molar-refractivity contribution in [3.63, 3.8) is 0 Å². The monoisotopic (exact) mass is 470 g/mol. The average Bonchev–Trinajstić information content (AvgIpc) is 2.84. The van der Waals surface area contributed by atoms with E-state index in [1.165, 1.54) is 18.3 Å². The SMILES string of the molecule is CCON=C(c1ccc(F)c(F)c1)c1ccc(CN2CCC(O)(c3ccc(F)nc3)CC2)cn1. The number of piperidine rings is 1. The molecule has 0 radical (unpaired) electrons. The quantitative estimate of drug-likeness (QED) is 0.319. The van der Waals surface area contributed by atoms with Gasteiger partial charge in [0.05, 0.1) is 11.3 Å². The van der Waals surface area contributed by atoms with Gasteiger partial charge >= 0.3 is 0 Å². The Kier molecular flexibility index (Phi) is 7.23. The van der Waals surface area contributed by atoms with Gasteiger partial charge in [0.2, 0.25) is 5.95 Å². The van der Waals surface area contributed by atoms with Crippen LogP contribution in [0.25, 0.3) is 0 Å². The number of pyridine rings is 2. The van der Waals surface area contributed by atoms with Crippen LogP contribution in [0.4, 0.5) is 13.2 Å². The summed E-state index contributed by atoms with van der Waals surface area (Å²) in [5, 5.41) is 15.0. The molecule has 9 heteroatoms. The van der Waals surface area contributed by atoms with E-state index >= 15 is 0 Å². The number of nitrogens with zero attached hydrogens (tertiary/aromatic N) is 4. The second-order valence-electron chi connectivity index (χ2n) is 8.22. The molecule has 1 aliphatic rings. The Morgan fingerprint density at radius 3 is 2.44 bits per heavy atom. The largest absolute Gasteiger partial charge is 0.396 e. The fourth-order valence-corrected chi connectivity index (χ4v) is 3.96. The number of rotatable bonds is 7. The van der Waals surface area contributed by atoms with Crippen LogP contribution < -0.4 is 0 Å². The summed E-state index contributed by atoms with van der Waals surface area (Å²) in [5.41, 5.74) is 1.70. The number of oxime groups is 1. The highest BCUT2D eigenvalue weighted by atomic mass is 19.2. The van der Waals surface area contributed by atoms with Crippen LogP contribution in [0.2, 0.25) is 0 Å². The first kappa shape index (κ1) is 23.8. The zero-order chi connectivity index (χ0) is 24.1. The van der Waals surface area contributed by atoms with E-state index in [0.29, 0.717) is 61.6 Å². The number of benzene rings is 1. The molecule has 3 aromatic rings. The molecular weight excluding hydrogens is 445 g/mol. The van der Waals surface area contributed by atoms with Crippen molar-refractivity contribution >= 4 is 5.71 Å². The smallest absolute Gasteiger partial charge is 0.212 e. The van der Waals surface area contributed by atoms with Gasteiger partial charge in [-0.25, -0.2) is 13.8 Å². The van der Waals surface area contributed by atoms with Crippen molar-refractivity contribution in [1.29, 1.82) is 0 Å². The summed E-state index contributed by atoms with van der Waals surface area (Å²) < 4.78 is 40.2. The van der Waals surface area contributed by atoms with E-state index in [2.05, 4.69) is 20.0 Å². The van der Waals surface area contributed by atoms with Gasteiger partial charge < -0.3 is 9.94 Å². The van der Waals surface area contributed by atoms with Crippen LogP contribution in [-0.2, 0) is 17.0 Å². The van der Waals surface area contributed by atoms with Gasteiger partial charge in [0.15, 0.2) is 11.6 Å². The molecule has 0 saturated carbocycles. The Bertz CT molecular complexity index is 1150. The molecule has 1 aromatic carbocycles. The van der Waals surface area contributed by atoms with E-state index in [1.54, 1.807) is 25.3 Å². The van der Waals surface area contributed by atoms with Gasteiger partial charge in [-0.2, -0.15) is 4.39 Å². The van der Waals surface area contributed by atoms with E-state index in [9.17, 15) is 18.3 Å². The molecule has 0 unspecified atom stereocenters. The summed E-state index contributed by atoms with van der Waals surface area (Å²) in [6.45, 7) is 4.03. The maximum absolute atomic E-state index is 13.7. The van der Waals surface area contributed by atoms with Crippen LogP contribution >= 0.6 is 0 Å². The molecule has 0 atom stereocenters. The third kappa shape index (κ3) is 5.43. The van der Waals surface area contributed by atoms with E-state index in [1.807, 2.05) is 6.07 Å². The highest BCUT2D eigenvalue weighted by Crippen LogP contribution is 2.32. The van der Waals surface area contributed by atoms with Crippen LogP contribution in [0.3, 0.4) is 0 Å². The molecule has 2 aromatic heterocycles. The summed E-state index contributed by atoms with van der Waals surface area (Å²) in [5.74, 6) is -2.48. The maximum Gasteiger partial charge on any atom is 0.212 e. The Balaban J connectivity index is 1.43. The number of aliphatic hydroxyl groups is 1. The number of aromatic nitrogens is 2. The lowest BCUT2D eigenvalue weighted by Crippen LogP contribution is -2.42. The molecule has 1 aliphatic heterocycles. The fraction of sp³-hybridized carbons (Fsp3) is 0.320. The minimum absolute atomic E-state index is 0.309. The second kappa shape index (κ2) is 10.3. The molecule has 0 bridgehead atoms. The molecule has 0 aliphatic carbocycles. The lowest BCUT2D eigenvalue weighted by atomic mass is 9.85. The van der Waals surface area contributed by atoms with Gasteiger partial charge in [-0.1, -0.05) is 17.3 Å². The minimum atomic E-state index is -1.02. The molecule has 178 valence electrons. The van der Waals surface area contributed by atoms with Crippen LogP contribution in [0.5, 0.6) is 0 Å². The van der Waals surface area contributed by atoms with Gasteiger partial charge in [-0.3, -0.25) is 9.88 Å². The standard InChI is InChI=1S/C25H25F3N4O2/c1-2-34-31-24(18-4-6-20(26)21(27)13-18)22-7-3-17(14-29-22)16-32-11-9-25(33,10-12-32)19-5-8-23(28)30-15-19/h3-8,13-15,33H,2,9-12,16H2,1H3. The Labute approximate surface area is 195 Å². The van der Waals surface area contributed by atoms with E-state index in [-0.39, 0.29) is 0 Å². The highest BCUT2D eigenvalue weighted by molar-refractivity contribution is 6.11. The first-order valence-corrected chi connectivity index (χ1v) is 11.1. The van der Waals surface area contributed by atoms with Crippen molar-refractivity contribution in [3.8, 4) is 0 Å².